The van der Waals surface area contributed by atoms with E-state index in [0.29, 0.717) is 79.2 Å². The van der Waals surface area contributed by atoms with Crippen LogP contribution in [0.4, 0.5) is 34.4 Å². The molecule has 2 heterocycles. The molecule has 0 unspecified atom stereocenters. The number of nitrogens with zero attached hydrogens (tertiary/aromatic N) is 3. The fourth-order valence-electron chi connectivity index (χ4n) is 5.87. The minimum Gasteiger partial charge on any atom is -0.479 e. The average molecular weight is 793 g/mol. The van der Waals surface area contributed by atoms with Crippen LogP contribution in [0.25, 0.3) is 22.0 Å². The van der Waals surface area contributed by atoms with Gasteiger partial charge in [0.05, 0.1) is 66.9 Å². The van der Waals surface area contributed by atoms with Crippen LogP contribution >= 0.6 is 24.1 Å². The minimum absolute atomic E-state index is 0.0236. The van der Waals surface area contributed by atoms with E-state index in [2.05, 4.69) is 40.3 Å². The molecule has 0 atom stereocenters. The molecule has 7 rings (SSSR count). The number of carbonyl (C=O) groups is 1. The van der Waals surface area contributed by atoms with E-state index in [1.165, 1.54) is 22.8 Å². The van der Waals surface area contributed by atoms with Crippen LogP contribution in [0.1, 0.15) is 15.9 Å². The largest absolute Gasteiger partial charge is 0.479 e. The van der Waals surface area contributed by atoms with Gasteiger partial charge in [-0.15, -0.1) is 8.67 Å². The molecule has 4 aromatic carbocycles. The second-order valence-corrected chi connectivity index (χ2v) is 14.2. The number of hydrogen-bond acceptors (Lipinski definition) is 18. The highest BCUT2D eigenvalue weighted by molar-refractivity contribution is 7.95. The molecule has 0 bridgehead atoms. The Bertz CT molecular complexity index is 2640. The second kappa shape index (κ2) is 15.0. The van der Waals surface area contributed by atoms with Crippen molar-refractivity contribution in [2.45, 2.75) is 14.7 Å². The topological polar surface area (TPSA) is 253 Å². The minimum atomic E-state index is -4.61. The fourth-order valence-corrected chi connectivity index (χ4v) is 7.29. The molecule has 0 fully saturated rings. The molecule has 0 spiro atoms. The molecule has 276 valence electrons. The summed E-state index contributed by atoms with van der Waals surface area (Å²) >= 11 is 1.13. The highest BCUT2D eigenvalue weighted by atomic mass is 32.2. The van der Waals surface area contributed by atoms with E-state index < -0.39 is 21.0 Å². The molecule has 1 aliphatic rings. The van der Waals surface area contributed by atoms with Crippen LogP contribution in [0, 0.1) is 0 Å². The second-order valence-electron chi connectivity index (χ2n) is 11.3. The third kappa shape index (κ3) is 7.31. The van der Waals surface area contributed by atoms with Gasteiger partial charge in [0.2, 0.25) is 0 Å². The van der Waals surface area contributed by atoms with Crippen molar-refractivity contribution >= 4 is 85.3 Å². The number of aromatic nitrogens is 3. The Labute approximate surface area is 312 Å². The average Bonchev–Trinajstić information content (AvgIpc) is 3.14. The highest BCUT2D eigenvalue weighted by Crippen LogP contribution is 2.43. The first-order chi connectivity index (χ1) is 25.9. The van der Waals surface area contributed by atoms with E-state index in [1.54, 1.807) is 61.6 Å². The zero-order valence-corrected chi connectivity index (χ0v) is 29.7. The summed E-state index contributed by atoms with van der Waals surface area (Å²) < 4.78 is 43.7. The first-order valence-corrected chi connectivity index (χ1v) is 18.1. The summed E-state index contributed by atoms with van der Waals surface area (Å²) in [4.78, 5) is 34.8. The van der Waals surface area contributed by atoms with Crippen LogP contribution < -0.4 is 21.5 Å². The Morgan fingerprint density at radius 2 is 1.41 bits per heavy atom. The smallest absolute Gasteiger partial charge is 0.317 e. The molecule has 1 aliphatic carbocycles. The molecule has 7 N–H and O–H groups in total. The number of fused-ring (bicyclic) bond motifs is 2. The van der Waals surface area contributed by atoms with Gasteiger partial charge in [-0.1, -0.05) is 34.3 Å². The Balaban J connectivity index is 1.22. The van der Waals surface area contributed by atoms with Crippen molar-refractivity contribution < 1.29 is 52.1 Å². The predicted octanol–water partition coefficient (Wildman–Crippen LogP) is 6.58. The van der Waals surface area contributed by atoms with Gasteiger partial charge in [-0.25, -0.2) is 10.5 Å². The number of ketones is 1. The molecule has 0 amide bonds. The first-order valence-electron chi connectivity index (χ1n) is 15.2. The van der Waals surface area contributed by atoms with E-state index >= 15 is 0 Å². The lowest BCUT2D eigenvalue weighted by Crippen LogP contribution is -2.21. The van der Waals surface area contributed by atoms with Crippen LogP contribution in [-0.2, 0) is 35.9 Å². The Morgan fingerprint density at radius 1 is 0.722 bits per heavy atom. The van der Waals surface area contributed by atoms with Gasteiger partial charge in [-0.2, -0.15) is 18.4 Å². The Morgan fingerprint density at radius 3 is 2.13 bits per heavy atom. The summed E-state index contributed by atoms with van der Waals surface area (Å²) in [5, 5.41) is 45.0. The first kappa shape index (κ1) is 36.8. The zero-order valence-electron chi connectivity index (χ0n) is 27.2. The highest BCUT2D eigenvalue weighted by Gasteiger charge is 2.29. The molecule has 0 aliphatic heterocycles. The molecule has 18 nitrogen and oxygen atoms in total. The van der Waals surface area contributed by atoms with E-state index in [-0.39, 0.29) is 33.6 Å². The molecule has 21 heteroatoms. The lowest BCUT2D eigenvalue weighted by Gasteiger charge is -2.24. The molecule has 54 heavy (non-hydrogen) atoms. The van der Waals surface area contributed by atoms with Gasteiger partial charge in [-0.3, -0.25) is 14.1 Å². The maximum Gasteiger partial charge on any atom is 0.317 e. The van der Waals surface area contributed by atoms with Gasteiger partial charge in [0.15, 0.2) is 5.78 Å². The monoisotopic (exact) mass is 792 g/mol. The van der Waals surface area contributed by atoms with Crippen molar-refractivity contribution in [1.29, 1.82) is 0 Å². The number of carbonyl (C=O) groups excluding carboxylic acids is 1. The summed E-state index contributed by atoms with van der Waals surface area (Å²) in [6.07, 6.45) is 0. The van der Waals surface area contributed by atoms with Crippen molar-refractivity contribution in [2.75, 3.05) is 16.0 Å². The van der Waals surface area contributed by atoms with Gasteiger partial charge >= 0.3 is 6.01 Å². The van der Waals surface area contributed by atoms with Gasteiger partial charge in [0.1, 0.15) is 11.6 Å². The number of benzene rings is 4. The van der Waals surface area contributed by atoms with Crippen molar-refractivity contribution in [1.82, 2.24) is 14.5 Å². The van der Waals surface area contributed by atoms with Crippen molar-refractivity contribution in [3.63, 3.8) is 0 Å². The summed E-state index contributed by atoms with van der Waals surface area (Å²) in [5.74, 6) is -0.232. The quantitative estimate of drug-likeness (QED) is 0.0282. The number of anilines is 6. The van der Waals surface area contributed by atoms with Crippen molar-refractivity contribution in [3.05, 3.63) is 106 Å². The van der Waals surface area contributed by atoms with E-state index in [1.807, 2.05) is 0 Å². The number of aromatic hydroxyl groups is 1. The summed E-state index contributed by atoms with van der Waals surface area (Å²) in [7, 11) is -2.98. The lowest BCUT2D eigenvalue weighted by molar-refractivity contribution is -0.432. The number of rotatable bonds is 13. The Kier molecular flexibility index (Phi) is 10.2. The summed E-state index contributed by atoms with van der Waals surface area (Å²) in [5.41, 5.74) is 3.67. The van der Waals surface area contributed by atoms with Crippen LogP contribution in [0.15, 0.2) is 104 Å². The van der Waals surface area contributed by atoms with E-state index in [0.717, 1.165) is 12.1 Å². The van der Waals surface area contributed by atoms with Crippen LogP contribution in [0.2, 0.25) is 0 Å². The number of nitrogens with one attached hydrogen (secondary N) is 3. The SMILES string of the molecule is Cn1c(=O)cc2c3c(c(Nc4ccc(Nc5cc(Nc6cc(S(=O)(=O)O)ccc6SOOO)nc(O)n5)cc4SOOO)ccc31)C(=O)c1ccccc1-2. The van der Waals surface area contributed by atoms with Crippen molar-refractivity contribution in [3.8, 4) is 17.1 Å². The number of hydrogen-bond donors (Lipinski definition) is 7. The van der Waals surface area contributed by atoms with Gasteiger partial charge in [0.25, 0.3) is 15.7 Å². The molecular formula is C33H24N6O12S3. The van der Waals surface area contributed by atoms with Crippen LogP contribution in [0.5, 0.6) is 6.01 Å². The molecular weight excluding hydrogens is 769 g/mol. The fraction of sp³-hybridized carbons (Fsp3) is 0.0303. The predicted molar refractivity (Wildman–Crippen MR) is 196 cm³/mol. The standard InChI is InChI=1S/C33H24N6O12S3/c1-39-24-10-9-22(31-30(24)20(14-29(39)40)18-4-2-3-5-19(18)32(31)41)35-21-8-6-16(12-26(21)53-51-49-44)34-27-15-28(38-33(42)37-27)36-23-13-17(54(45,46)47)7-11-25(23)52-50-48-43/h2-15,35,43-44H,1H3,(H,45,46,47)(H3,34,36,37,38,42). The van der Waals surface area contributed by atoms with E-state index in [4.69, 9.17) is 14.8 Å². The summed E-state index contributed by atoms with van der Waals surface area (Å²) in [6, 6.07) is 20.9. The Hall–Kier alpha value is -5.59. The maximum absolute atomic E-state index is 14.0. The molecule has 0 radical (unpaired) electrons. The molecule has 0 saturated heterocycles. The number of aryl methyl sites for hydroxylation is 1. The molecule has 0 saturated carbocycles. The third-order valence-corrected chi connectivity index (χ3v) is 10.3. The maximum atomic E-state index is 14.0. The normalized spacial score (nSPS) is 12.1. The number of pyridine rings is 1. The van der Waals surface area contributed by atoms with Gasteiger partial charge < -0.3 is 25.6 Å². The lowest BCUT2D eigenvalue weighted by atomic mass is 9.83. The van der Waals surface area contributed by atoms with Crippen molar-refractivity contribution in [2.24, 2.45) is 7.05 Å². The third-order valence-electron chi connectivity index (χ3n) is 8.16. The van der Waals surface area contributed by atoms with Gasteiger partial charge in [0, 0.05) is 35.8 Å². The summed E-state index contributed by atoms with van der Waals surface area (Å²) in [6.45, 7) is 0. The van der Waals surface area contributed by atoms with E-state index in [9.17, 15) is 27.7 Å². The zero-order chi connectivity index (χ0) is 38.1. The molecule has 6 aromatic rings. The molecule has 2 aromatic heterocycles. The van der Waals surface area contributed by atoms with Gasteiger partial charge in [-0.05, 0) is 59.7 Å². The van der Waals surface area contributed by atoms with Crippen LogP contribution in [0.3, 0.4) is 0 Å². The van der Waals surface area contributed by atoms with Crippen LogP contribution in [-0.4, -0.2) is 48.9 Å².